The highest BCUT2D eigenvalue weighted by Gasteiger charge is 2.22. The Hall–Kier alpha value is -1.23. The lowest BCUT2D eigenvalue weighted by Crippen LogP contribution is -2.44. The summed E-state index contributed by atoms with van der Waals surface area (Å²) in [7, 11) is 0. The van der Waals surface area contributed by atoms with Gasteiger partial charge in [0.25, 0.3) is 0 Å². The molecule has 0 amide bonds. The molecule has 0 N–H and O–H groups in total. The number of thiazole rings is 1. The van der Waals surface area contributed by atoms with Crippen LogP contribution in [0.4, 0.5) is 0 Å². The molecule has 1 aromatic carbocycles. The van der Waals surface area contributed by atoms with Gasteiger partial charge >= 0.3 is 0 Å². The van der Waals surface area contributed by atoms with Crippen LogP contribution in [0.2, 0.25) is 0 Å². The second-order valence-corrected chi connectivity index (χ2v) is 6.77. The Balaban J connectivity index is 1.72. The summed E-state index contributed by atoms with van der Waals surface area (Å²) in [5.41, 5.74) is 3.70. The first kappa shape index (κ1) is 14.7. The van der Waals surface area contributed by atoms with Gasteiger partial charge in [0.05, 0.1) is 17.9 Å². The van der Waals surface area contributed by atoms with E-state index in [1.807, 2.05) is 0 Å². The van der Waals surface area contributed by atoms with Crippen LogP contribution in [0.5, 0.6) is 0 Å². The van der Waals surface area contributed by atoms with Crippen molar-refractivity contribution in [2.75, 3.05) is 13.1 Å². The fourth-order valence-electron chi connectivity index (χ4n) is 2.96. The third kappa shape index (κ3) is 3.51. The van der Waals surface area contributed by atoms with E-state index in [-0.39, 0.29) is 0 Å². The lowest BCUT2D eigenvalue weighted by Gasteiger charge is -2.34. The van der Waals surface area contributed by atoms with Crippen LogP contribution < -0.4 is 0 Å². The summed E-state index contributed by atoms with van der Waals surface area (Å²) >= 11 is 1.74. The molecule has 3 rings (SSSR count). The molecule has 112 valence electrons. The quantitative estimate of drug-likeness (QED) is 0.864. The SMILES string of the molecule is Cc1ccccc1-c1nc(CN2CC(C)OC(C)C2)cs1. The van der Waals surface area contributed by atoms with Crippen LogP contribution in [-0.4, -0.2) is 35.2 Å². The molecule has 4 heteroatoms. The van der Waals surface area contributed by atoms with Crippen LogP contribution in [0.15, 0.2) is 29.6 Å². The van der Waals surface area contributed by atoms with Crippen molar-refractivity contribution in [3.05, 3.63) is 40.9 Å². The number of aryl methyl sites for hydroxylation is 1. The zero-order chi connectivity index (χ0) is 14.8. The third-order valence-corrected chi connectivity index (χ3v) is 4.73. The first-order chi connectivity index (χ1) is 10.1. The number of hydrogen-bond acceptors (Lipinski definition) is 4. The summed E-state index contributed by atoms with van der Waals surface area (Å²) in [5, 5.41) is 3.31. The average molecular weight is 302 g/mol. The van der Waals surface area contributed by atoms with E-state index >= 15 is 0 Å². The number of nitrogens with zero attached hydrogens (tertiary/aromatic N) is 2. The molecule has 2 aromatic rings. The van der Waals surface area contributed by atoms with Crippen molar-refractivity contribution in [1.29, 1.82) is 0 Å². The molecule has 0 aliphatic carbocycles. The van der Waals surface area contributed by atoms with E-state index in [2.05, 4.69) is 55.3 Å². The number of hydrogen-bond donors (Lipinski definition) is 0. The molecular weight excluding hydrogens is 280 g/mol. The van der Waals surface area contributed by atoms with Gasteiger partial charge in [-0.2, -0.15) is 0 Å². The van der Waals surface area contributed by atoms with E-state index in [1.165, 1.54) is 16.8 Å². The minimum atomic E-state index is 0.309. The van der Waals surface area contributed by atoms with Crippen molar-refractivity contribution < 1.29 is 4.74 Å². The predicted molar refractivity (Wildman–Crippen MR) is 87.6 cm³/mol. The third-order valence-electron chi connectivity index (χ3n) is 3.81. The normalized spacial score (nSPS) is 23.4. The summed E-state index contributed by atoms with van der Waals surface area (Å²) in [6.07, 6.45) is 0.617. The molecule has 0 saturated carbocycles. The Morgan fingerprint density at radius 2 is 1.95 bits per heavy atom. The standard InChI is InChI=1S/C17H22N2OS/c1-12-6-4-5-7-16(12)17-18-15(11-21-17)10-19-8-13(2)20-14(3)9-19/h4-7,11,13-14H,8-10H2,1-3H3. The summed E-state index contributed by atoms with van der Waals surface area (Å²) < 4.78 is 5.78. The monoisotopic (exact) mass is 302 g/mol. The van der Waals surface area contributed by atoms with Gasteiger partial charge in [-0.05, 0) is 26.3 Å². The van der Waals surface area contributed by atoms with Crippen molar-refractivity contribution in [2.24, 2.45) is 0 Å². The molecule has 3 nitrogen and oxygen atoms in total. The molecule has 2 heterocycles. The summed E-state index contributed by atoms with van der Waals surface area (Å²) in [4.78, 5) is 7.26. The Bertz CT molecular complexity index is 600. The van der Waals surface area contributed by atoms with Crippen molar-refractivity contribution in [1.82, 2.24) is 9.88 Å². The molecule has 1 aliphatic rings. The number of ether oxygens (including phenoxy) is 1. The summed E-state index contributed by atoms with van der Waals surface area (Å²) in [6, 6.07) is 8.44. The Labute approximate surface area is 130 Å². The van der Waals surface area contributed by atoms with Crippen molar-refractivity contribution in [3.8, 4) is 10.6 Å². The highest BCUT2D eigenvalue weighted by molar-refractivity contribution is 7.13. The molecule has 1 fully saturated rings. The van der Waals surface area contributed by atoms with Gasteiger partial charge < -0.3 is 4.74 Å². The lowest BCUT2D eigenvalue weighted by molar-refractivity contribution is -0.0707. The van der Waals surface area contributed by atoms with Crippen LogP contribution in [0.3, 0.4) is 0 Å². The smallest absolute Gasteiger partial charge is 0.123 e. The first-order valence-electron chi connectivity index (χ1n) is 7.50. The van der Waals surface area contributed by atoms with E-state index in [9.17, 15) is 0 Å². The van der Waals surface area contributed by atoms with Crippen LogP contribution in [0.25, 0.3) is 10.6 Å². The van der Waals surface area contributed by atoms with E-state index in [0.717, 1.165) is 24.6 Å². The van der Waals surface area contributed by atoms with Gasteiger partial charge in [0, 0.05) is 30.6 Å². The fraction of sp³-hybridized carbons (Fsp3) is 0.471. The van der Waals surface area contributed by atoms with Crippen molar-refractivity contribution >= 4 is 11.3 Å². The van der Waals surface area contributed by atoms with Crippen LogP contribution in [0.1, 0.15) is 25.1 Å². The molecule has 21 heavy (non-hydrogen) atoms. The van der Waals surface area contributed by atoms with Crippen LogP contribution in [-0.2, 0) is 11.3 Å². The maximum Gasteiger partial charge on any atom is 0.123 e. The molecule has 0 bridgehead atoms. The topological polar surface area (TPSA) is 25.4 Å². The summed E-state index contributed by atoms with van der Waals surface area (Å²) in [6.45, 7) is 9.32. The minimum absolute atomic E-state index is 0.309. The molecule has 1 saturated heterocycles. The molecule has 0 spiro atoms. The van der Waals surface area contributed by atoms with E-state index in [0.29, 0.717) is 12.2 Å². The van der Waals surface area contributed by atoms with E-state index in [4.69, 9.17) is 9.72 Å². The van der Waals surface area contributed by atoms with Crippen molar-refractivity contribution in [2.45, 2.75) is 39.5 Å². The largest absolute Gasteiger partial charge is 0.373 e. The maximum atomic E-state index is 5.78. The highest BCUT2D eigenvalue weighted by atomic mass is 32.1. The Kier molecular flexibility index (Phi) is 4.38. The van der Waals surface area contributed by atoms with Gasteiger partial charge in [-0.15, -0.1) is 11.3 Å². The van der Waals surface area contributed by atoms with Gasteiger partial charge in [-0.25, -0.2) is 4.98 Å². The van der Waals surface area contributed by atoms with Gasteiger partial charge in [-0.3, -0.25) is 4.90 Å². The Morgan fingerprint density at radius 1 is 1.24 bits per heavy atom. The number of morpholine rings is 1. The van der Waals surface area contributed by atoms with Crippen molar-refractivity contribution in [3.63, 3.8) is 0 Å². The molecular formula is C17H22N2OS. The minimum Gasteiger partial charge on any atom is -0.373 e. The van der Waals surface area contributed by atoms with E-state index < -0.39 is 0 Å². The fourth-order valence-corrected chi connectivity index (χ4v) is 3.86. The molecule has 2 atom stereocenters. The van der Waals surface area contributed by atoms with Gasteiger partial charge in [0.2, 0.25) is 0 Å². The first-order valence-corrected chi connectivity index (χ1v) is 8.38. The lowest BCUT2D eigenvalue weighted by atomic mass is 10.1. The van der Waals surface area contributed by atoms with Gasteiger partial charge in [-0.1, -0.05) is 24.3 Å². The second kappa shape index (κ2) is 6.26. The molecule has 1 aromatic heterocycles. The average Bonchev–Trinajstić information content (AvgIpc) is 2.86. The van der Waals surface area contributed by atoms with E-state index in [1.54, 1.807) is 11.3 Å². The van der Waals surface area contributed by atoms with Crippen LogP contribution in [0, 0.1) is 6.92 Å². The number of benzene rings is 1. The molecule has 2 unspecified atom stereocenters. The van der Waals surface area contributed by atoms with Crippen LogP contribution >= 0.6 is 11.3 Å². The zero-order valence-electron chi connectivity index (χ0n) is 12.9. The zero-order valence-corrected chi connectivity index (χ0v) is 13.7. The second-order valence-electron chi connectivity index (χ2n) is 5.91. The number of rotatable bonds is 3. The highest BCUT2D eigenvalue weighted by Crippen LogP contribution is 2.27. The van der Waals surface area contributed by atoms with Gasteiger partial charge in [0.15, 0.2) is 0 Å². The molecule has 0 radical (unpaired) electrons. The predicted octanol–water partition coefficient (Wildman–Crippen LogP) is 3.73. The van der Waals surface area contributed by atoms with Gasteiger partial charge in [0.1, 0.15) is 5.01 Å². The Morgan fingerprint density at radius 3 is 2.67 bits per heavy atom. The maximum absolute atomic E-state index is 5.78. The number of aromatic nitrogens is 1. The summed E-state index contributed by atoms with van der Waals surface area (Å²) in [5.74, 6) is 0. The molecule has 1 aliphatic heterocycles.